The van der Waals surface area contributed by atoms with Crippen molar-refractivity contribution in [2.24, 2.45) is 5.41 Å². The Hall–Kier alpha value is -0.400. The van der Waals surface area contributed by atoms with E-state index in [1.807, 2.05) is 12.1 Å². The molecule has 0 heterocycles. The van der Waals surface area contributed by atoms with E-state index in [0.29, 0.717) is 5.38 Å². The first-order valence-corrected chi connectivity index (χ1v) is 9.06. The Labute approximate surface area is 138 Å². The summed E-state index contributed by atoms with van der Waals surface area (Å²) in [7, 11) is 0. The molecular formula is C18H24Cl2O. The van der Waals surface area contributed by atoms with Crippen LogP contribution < -0.4 is 4.74 Å². The minimum Gasteiger partial charge on any atom is -0.490 e. The smallest absolute Gasteiger partial charge is 0.120 e. The molecule has 2 atom stereocenters. The summed E-state index contributed by atoms with van der Waals surface area (Å²) in [6.07, 6.45) is 9.92. The second-order valence-corrected chi connectivity index (χ2v) is 7.50. The number of rotatable bonds is 3. The molecule has 2 saturated carbocycles. The van der Waals surface area contributed by atoms with Crippen molar-refractivity contribution in [1.29, 1.82) is 0 Å². The lowest BCUT2D eigenvalue weighted by Gasteiger charge is -2.53. The number of hydrogen-bond acceptors (Lipinski definition) is 1. The fourth-order valence-electron chi connectivity index (χ4n) is 3.95. The molecule has 1 aromatic rings. The zero-order valence-corrected chi connectivity index (χ0v) is 14.2. The lowest BCUT2D eigenvalue weighted by atomic mass is 9.61. The van der Waals surface area contributed by atoms with E-state index >= 15 is 0 Å². The highest BCUT2D eigenvalue weighted by Crippen LogP contribution is 2.55. The number of alkyl halides is 1. The van der Waals surface area contributed by atoms with E-state index in [2.05, 4.69) is 13.0 Å². The lowest BCUT2D eigenvalue weighted by molar-refractivity contribution is -0.0512. The van der Waals surface area contributed by atoms with Crippen LogP contribution in [-0.4, -0.2) is 11.5 Å². The van der Waals surface area contributed by atoms with E-state index in [1.54, 1.807) is 0 Å². The van der Waals surface area contributed by atoms with Crippen LogP contribution in [0.5, 0.6) is 5.75 Å². The lowest BCUT2D eigenvalue weighted by Crippen LogP contribution is -2.57. The molecule has 1 spiro atoms. The van der Waals surface area contributed by atoms with Gasteiger partial charge in [0.25, 0.3) is 0 Å². The maximum absolute atomic E-state index is 6.60. The van der Waals surface area contributed by atoms with Gasteiger partial charge in [-0.1, -0.05) is 44.2 Å². The number of aryl methyl sites for hydroxylation is 1. The van der Waals surface area contributed by atoms with Gasteiger partial charge in [0.1, 0.15) is 11.9 Å². The van der Waals surface area contributed by atoms with E-state index in [1.165, 1.54) is 38.5 Å². The van der Waals surface area contributed by atoms with Crippen molar-refractivity contribution in [2.75, 3.05) is 0 Å². The van der Waals surface area contributed by atoms with Crippen LogP contribution >= 0.6 is 23.2 Å². The summed E-state index contributed by atoms with van der Waals surface area (Å²) in [4.78, 5) is 0. The maximum atomic E-state index is 6.60. The van der Waals surface area contributed by atoms with Crippen molar-refractivity contribution >= 4 is 23.2 Å². The molecule has 2 aliphatic carbocycles. The first-order chi connectivity index (χ1) is 10.2. The fourth-order valence-corrected chi connectivity index (χ4v) is 4.72. The summed E-state index contributed by atoms with van der Waals surface area (Å²) in [5.41, 5.74) is 1.37. The highest BCUT2D eigenvalue weighted by atomic mass is 35.5. The van der Waals surface area contributed by atoms with Crippen molar-refractivity contribution in [3.8, 4) is 5.75 Å². The Morgan fingerprint density at radius 1 is 1.19 bits per heavy atom. The van der Waals surface area contributed by atoms with Crippen molar-refractivity contribution in [3.63, 3.8) is 0 Å². The first kappa shape index (κ1) is 15.5. The van der Waals surface area contributed by atoms with Gasteiger partial charge in [0.05, 0.1) is 0 Å². The van der Waals surface area contributed by atoms with Crippen LogP contribution in [0.25, 0.3) is 0 Å². The molecule has 21 heavy (non-hydrogen) atoms. The summed E-state index contributed by atoms with van der Waals surface area (Å²) in [6.45, 7) is 2.12. The molecule has 0 amide bonds. The SMILES string of the molecule is CCc1cc(OC2CC(Cl)C23CCCCCC3)ccc1Cl. The Morgan fingerprint density at radius 3 is 2.52 bits per heavy atom. The molecule has 3 rings (SSSR count). The minimum absolute atomic E-state index is 0.212. The molecule has 2 aliphatic rings. The van der Waals surface area contributed by atoms with Gasteiger partial charge in [0.2, 0.25) is 0 Å². The maximum Gasteiger partial charge on any atom is 0.120 e. The van der Waals surface area contributed by atoms with Gasteiger partial charge in [0, 0.05) is 22.2 Å². The zero-order valence-electron chi connectivity index (χ0n) is 12.7. The number of benzene rings is 1. The van der Waals surface area contributed by atoms with Crippen molar-refractivity contribution in [3.05, 3.63) is 28.8 Å². The molecule has 3 heteroatoms. The van der Waals surface area contributed by atoms with E-state index < -0.39 is 0 Å². The number of halogens is 2. The Balaban J connectivity index is 1.75. The van der Waals surface area contributed by atoms with Crippen LogP contribution in [0.3, 0.4) is 0 Å². The summed E-state index contributed by atoms with van der Waals surface area (Å²) in [5.74, 6) is 0.952. The molecule has 0 bridgehead atoms. The molecule has 0 saturated heterocycles. The molecule has 2 fully saturated rings. The topological polar surface area (TPSA) is 9.23 Å². The van der Waals surface area contributed by atoms with Crippen LogP contribution in [0.15, 0.2) is 18.2 Å². The predicted molar refractivity (Wildman–Crippen MR) is 89.6 cm³/mol. The third-order valence-electron chi connectivity index (χ3n) is 5.40. The van der Waals surface area contributed by atoms with Gasteiger partial charge in [-0.05, 0) is 43.0 Å². The molecule has 0 aliphatic heterocycles. The Morgan fingerprint density at radius 2 is 1.90 bits per heavy atom. The normalized spacial score (nSPS) is 28.0. The number of hydrogen-bond donors (Lipinski definition) is 0. The first-order valence-electron chi connectivity index (χ1n) is 8.25. The highest BCUT2D eigenvalue weighted by Gasteiger charge is 2.55. The van der Waals surface area contributed by atoms with Gasteiger partial charge in [-0.15, -0.1) is 11.6 Å². The molecule has 0 radical (unpaired) electrons. The van der Waals surface area contributed by atoms with Crippen molar-refractivity contribution < 1.29 is 4.74 Å². The molecule has 1 nitrogen and oxygen atoms in total. The van der Waals surface area contributed by atoms with Crippen molar-refractivity contribution in [2.45, 2.75) is 69.8 Å². The molecule has 1 aromatic carbocycles. The summed E-state index contributed by atoms with van der Waals surface area (Å²) < 4.78 is 6.32. The molecule has 0 N–H and O–H groups in total. The van der Waals surface area contributed by atoms with Crippen LogP contribution in [0.1, 0.15) is 57.4 Å². The Bertz CT molecular complexity index is 492. The van der Waals surface area contributed by atoms with Crippen LogP contribution in [0, 0.1) is 5.41 Å². The fraction of sp³-hybridized carbons (Fsp3) is 0.667. The quantitative estimate of drug-likeness (QED) is 0.619. The standard InChI is InChI=1S/C18H24Cl2O/c1-2-13-11-14(7-8-15(13)19)21-17-12-16(20)18(17)9-5-3-4-6-10-18/h7-8,11,16-17H,2-6,9-10,12H2,1H3. The van der Waals surface area contributed by atoms with Crippen LogP contribution in [0.2, 0.25) is 5.02 Å². The van der Waals surface area contributed by atoms with Crippen LogP contribution in [-0.2, 0) is 6.42 Å². The number of ether oxygens (including phenoxy) is 1. The summed E-state index contributed by atoms with van der Waals surface area (Å²) in [6, 6.07) is 6.04. The van der Waals surface area contributed by atoms with Gasteiger partial charge in [0.15, 0.2) is 0 Å². The minimum atomic E-state index is 0.212. The zero-order chi connectivity index (χ0) is 14.9. The molecule has 2 unspecified atom stereocenters. The monoisotopic (exact) mass is 326 g/mol. The van der Waals surface area contributed by atoms with Gasteiger partial charge in [-0.25, -0.2) is 0 Å². The summed E-state index contributed by atoms with van der Waals surface area (Å²) in [5, 5.41) is 1.12. The molecule has 116 valence electrons. The Kier molecular flexibility index (Phi) is 4.71. The average Bonchev–Trinajstić information content (AvgIpc) is 2.76. The van der Waals surface area contributed by atoms with E-state index in [4.69, 9.17) is 27.9 Å². The van der Waals surface area contributed by atoms with E-state index in [9.17, 15) is 0 Å². The van der Waals surface area contributed by atoms with Crippen LogP contribution in [0.4, 0.5) is 0 Å². The molecule has 0 aromatic heterocycles. The van der Waals surface area contributed by atoms with Gasteiger partial charge < -0.3 is 4.74 Å². The second kappa shape index (κ2) is 6.38. The van der Waals surface area contributed by atoms with Gasteiger partial charge >= 0.3 is 0 Å². The summed E-state index contributed by atoms with van der Waals surface area (Å²) >= 11 is 12.8. The largest absolute Gasteiger partial charge is 0.490 e. The third-order valence-corrected chi connectivity index (χ3v) is 6.38. The molecular weight excluding hydrogens is 303 g/mol. The average molecular weight is 327 g/mol. The predicted octanol–water partition coefficient (Wildman–Crippen LogP) is 6.00. The second-order valence-electron chi connectivity index (χ2n) is 6.56. The third kappa shape index (κ3) is 2.92. The van der Waals surface area contributed by atoms with E-state index in [-0.39, 0.29) is 11.5 Å². The highest BCUT2D eigenvalue weighted by molar-refractivity contribution is 6.31. The van der Waals surface area contributed by atoms with Gasteiger partial charge in [-0.3, -0.25) is 0 Å². The van der Waals surface area contributed by atoms with Crippen molar-refractivity contribution in [1.82, 2.24) is 0 Å². The van der Waals surface area contributed by atoms with Gasteiger partial charge in [-0.2, -0.15) is 0 Å². The van der Waals surface area contributed by atoms with E-state index in [0.717, 1.165) is 29.2 Å².